The van der Waals surface area contributed by atoms with Crippen LogP contribution in [0.15, 0.2) is 45.7 Å². The predicted molar refractivity (Wildman–Crippen MR) is 116 cm³/mol. The van der Waals surface area contributed by atoms with Crippen molar-refractivity contribution in [1.82, 2.24) is 0 Å². The average molecular weight is 434 g/mol. The van der Waals surface area contributed by atoms with Gasteiger partial charge in [0.25, 0.3) is 0 Å². The summed E-state index contributed by atoms with van der Waals surface area (Å²) in [7, 11) is 0. The second-order valence-corrected chi connectivity index (χ2v) is 9.12. The van der Waals surface area contributed by atoms with Crippen molar-refractivity contribution >= 4 is 45.4 Å². The number of hydrogen-bond acceptors (Lipinski definition) is 5. The molecule has 1 fully saturated rings. The minimum Gasteiger partial charge on any atom is -0.323 e. The SMILES string of the molecule is O=C(CSC1=NC2(CCCCCC2)N=C1c1cccs1)Nc1ccc(F)cc1F. The van der Waals surface area contributed by atoms with Crippen LogP contribution in [0.5, 0.6) is 0 Å². The molecule has 29 heavy (non-hydrogen) atoms. The number of thiophene rings is 1. The van der Waals surface area contributed by atoms with Crippen LogP contribution >= 0.6 is 23.1 Å². The third-order valence-corrected chi connectivity index (χ3v) is 6.88. The number of nitrogens with zero attached hydrogens (tertiary/aromatic N) is 2. The van der Waals surface area contributed by atoms with E-state index in [1.54, 1.807) is 11.3 Å². The molecule has 4 nitrogen and oxygen atoms in total. The van der Waals surface area contributed by atoms with Gasteiger partial charge in [-0.2, -0.15) is 0 Å². The van der Waals surface area contributed by atoms with Crippen LogP contribution in [0.2, 0.25) is 0 Å². The molecular formula is C21H21F2N3OS2. The minimum atomic E-state index is -0.792. The Kier molecular flexibility index (Phi) is 6.10. The first kappa shape index (κ1) is 20.2. The van der Waals surface area contributed by atoms with Crippen molar-refractivity contribution in [2.45, 2.75) is 44.2 Å². The molecule has 2 aliphatic rings. The van der Waals surface area contributed by atoms with Crippen LogP contribution in [0.25, 0.3) is 0 Å². The lowest BCUT2D eigenvalue weighted by molar-refractivity contribution is -0.113. The van der Waals surface area contributed by atoms with E-state index in [4.69, 9.17) is 9.98 Å². The Hall–Kier alpha value is -2.06. The largest absolute Gasteiger partial charge is 0.323 e. The maximum absolute atomic E-state index is 13.8. The van der Waals surface area contributed by atoms with Gasteiger partial charge in [-0.05, 0) is 49.3 Å². The summed E-state index contributed by atoms with van der Waals surface area (Å²) in [6.07, 6.45) is 6.47. The fourth-order valence-electron chi connectivity index (χ4n) is 3.63. The molecule has 1 aromatic carbocycles. The highest BCUT2D eigenvalue weighted by molar-refractivity contribution is 8.16. The number of carbonyl (C=O) groups excluding carboxylic acids is 1. The standard InChI is InChI=1S/C21H21F2N3OS2/c22-14-7-8-16(15(23)12-14)24-18(27)13-29-20-19(17-6-5-11-28-17)25-21(26-20)9-3-1-2-4-10-21/h5-8,11-12H,1-4,9-10,13H2,(H,24,27). The second kappa shape index (κ2) is 8.75. The summed E-state index contributed by atoms with van der Waals surface area (Å²) in [5.41, 5.74) is 0.419. The first-order chi connectivity index (χ1) is 14.0. The average Bonchev–Trinajstić information content (AvgIpc) is 3.27. The summed E-state index contributed by atoms with van der Waals surface area (Å²) in [6.45, 7) is 0. The highest BCUT2D eigenvalue weighted by Crippen LogP contribution is 2.38. The number of thioether (sulfide) groups is 1. The molecule has 1 saturated carbocycles. The normalized spacial score (nSPS) is 18.3. The first-order valence-corrected chi connectivity index (χ1v) is 11.5. The van der Waals surface area contributed by atoms with Crippen LogP contribution in [-0.4, -0.2) is 28.1 Å². The predicted octanol–water partition coefficient (Wildman–Crippen LogP) is 5.65. The van der Waals surface area contributed by atoms with Gasteiger partial charge in [-0.15, -0.1) is 11.3 Å². The zero-order chi connectivity index (χ0) is 20.3. The van der Waals surface area contributed by atoms with Crippen molar-refractivity contribution in [1.29, 1.82) is 0 Å². The Labute approximate surface area is 176 Å². The van der Waals surface area contributed by atoms with Gasteiger partial charge in [-0.25, -0.2) is 13.8 Å². The minimum absolute atomic E-state index is 0.0299. The Morgan fingerprint density at radius 1 is 1.14 bits per heavy atom. The number of nitrogens with one attached hydrogen (secondary N) is 1. The molecule has 2 aromatic rings. The third-order valence-electron chi connectivity index (χ3n) is 5.04. The lowest BCUT2D eigenvalue weighted by Crippen LogP contribution is -2.20. The molecule has 2 heterocycles. The molecule has 1 spiro atoms. The Bertz CT molecular complexity index is 949. The monoisotopic (exact) mass is 433 g/mol. The second-order valence-electron chi connectivity index (χ2n) is 7.21. The van der Waals surface area contributed by atoms with Gasteiger partial charge in [0, 0.05) is 6.07 Å². The van der Waals surface area contributed by atoms with Crippen molar-refractivity contribution in [3.8, 4) is 0 Å². The highest BCUT2D eigenvalue weighted by Gasteiger charge is 2.37. The Balaban J connectivity index is 1.48. The van der Waals surface area contributed by atoms with Crippen molar-refractivity contribution < 1.29 is 13.6 Å². The van der Waals surface area contributed by atoms with E-state index in [2.05, 4.69) is 5.32 Å². The zero-order valence-electron chi connectivity index (χ0n) is 15.8. The van der Waals surface area contributed by atoms with Crippen LogP contribution in [-0.2, 0) is 4.79 Å². The number of anilines is 1. The molecule has 152 valence electrons. The maximum Gasteiger partial charge on any atom is 0.234 e. The van der Waals surface area contributed by atoms with Gasteiger partial charge in [-0.3, -0.25) is 9.79 Å². The molecule has 0 radical (unpaired) electrons. The van der Waals surface area contributed by atoms with E-state index in [1.807, 2.05) is 17.5 Å². The smallest absolute Gasteiger partial charge is 0.234 e. The first-order valence-electron chi connectivity index (χ1n) is 9.66. The molecule has 1 aliphatic heterocycles. The topological polar surface area (TPSA) is 53.8 Å². The van der Waals surface area contributed by atoms with Gasteiger partial charge < -0.3 is 5.32 Å². The highest BCUT2D eigenvalue weighted by atomic mass is 32.2. The Morgan fingerprint density at radius 2 is 1.93 bits per heavy atom. The summed E-state index contributed by atoms with van der Waals surface area (Å²) in [4.78, 5) is 23.4. The number of hydrogen-bond donors (Lipinski definition) is 1. The van der Waals surface area contributed by atoms with E-state index in [9.17, 15) is 13.6 Å². The molecule has 0 atom stereocenters. The molecule has 4 rings (SSSR count). The number of halogens is 2. The van der Waals surface area contributed by atoms with Crippen LogP contribution in [0.4, 0.5) is 14.5 Å². The molecule has 1 aromatic heterocycles. The number of carbonyl (C=O) groups is 1. The molecule has 1 N–H and O–H groups in total. The third kappa shape index (κ3) is 4.75. The van der Waals surface area contributed by atoms with Gasteiger partial charge in [0.05, 0.1) is 16.3 Å². The quantitative estimate of drug-likeness (QED) is 0.677. The van der Waals surface area contributed by atoms with Crippen molar-refractivity contribution in [2.75, 3.05) is 11.1 Å². The molecular weight excluding hydrogens is 412 g/mol. The van der Waals surface area contributed by atoms with E-state index in [0.29, 0.717) is 0 Å². The van der Waals surface area contributed by atoms with Crippen molar-refractivity contribution in [2.24, 2.45) is 9.98 Å². The van der Waals surface area contributed by atoms with Crippen molar-refractivity contribution in [3.63, 3.8) is 0 Å². The van der Waals surface area contributed by atoms with Gasteiger partial charge >= 0.3 is 0 Å². The fraction of sp³-hybridized carbons (Fsp3) is 0.381. The molecule has 1 aliphatic carbocycles. The van der Waals surface area contributed by atoms with Gasteiger partial charge in [0.2, 0.25) is 5.91 Å². The zero-order valence-corrected chi connectivity index (χ0v) is 17.4. The summed E-state index contributed by atoms with van der Waals surface area (Å²) in [5.74, 6) is -1.76. The van der Waals surface area contributed by atoms with Gasteiger partial charge in [0.15, 0.2) is 5.66 Å². The van der Waals surface area contributed by atoms with Gasteiger partial charge in [-0.1, -0.05) is 30.7 Å². The summed E-state index contributed by atoms with van der Waals surface area (Å²) in [6, 6.07) is 7.08. The summed E-state index contributed by atoms with van der Waals surface area (Å²) >= 11 is 2.92. The van der Waals surface area contributed by atoms with Gasteiger partial charge in [0.1, 0.15) is 22.4 Å². The van der Waals surface area contributed by atoms with Crippen LogP contribution < -0.4 is 5.32 Å². The maximum atomic E-state index is 13.8. The van der Waals surface area contributed by atoms with Crippen LogP contribution in [0, 0.1) is 11.6 Å². The molecule has 8 heteroatoms. The lowest BCUT2D eigenvalue weighted by atomic mass is 10.0. The molecule has 1 amide bonds. The Morgan fingerprint density at radius 3 is 2.62 bits per heavy atom. The number of amides is 1. The lowest BCUT2D eigenvalue weighted by Gasteiger charge is -2.20. The molecule has 0 bridgehead atoms. The summed E-state index contributed by atoms with van der Waals surface area (Å²) in [5, 5.41) is 5.27. The van der Waals surface area contributed by atoms with E-state index < -0.39 is 17.3 Å². The number of aliphatic imine (C=N–C) groups is 2. The van der Waals surface area contributed by atoms with E-state index in [0.717, 1.165) is 53.4 Å². The number of rotatable bonds is 4. The fourth-order valence-corrected chi connectivity index (χ4v) is 5.27. The number of benzene rings is 1. The molecule has 0 unspecified atom stereocenters. The van der Waals surface area contributed by atoms with Crippen LogP contribution in [0.1, 0.15) is 43.4 Å². The van der Waals surface area contributed by atoms with E-state index >= 15 is 0 Å². The summed E-state index contributed by atoms with van der Waals surface area (Å²) < 4.78 is 26.8. The van der Waals surface area contributed by atoms with Crippen LogP contribution in [0.3, 0.4) is 0 Å². The van der Waals surface area contributed by atoms with E-state index in [1.165, 1.54) is 30.7 Å². The molecule has 0 saturated heterocycles. The van der Waals surface area contributed by atoms with E-state index in [-0.39, 0.29) is 17.3 Å². The van der Waals surface area contributed by atoms with Crippen molar-refractivity contribution in [3.05, 3.63) is 52.2 Å².